The van der Waals surface area contributed by atoms with Gasteiger partial charge in [-0.25, -0.2) is 0 Å². The van der Waals surface area contributed by atoms with E-state index in [0.717, 1.165) is 38.6 Å². The molecule has 1 aromatic heterocycles. The molecule has 1 aliphatic heterocycles. The first-order valence-corrected chi connectivity index (χ1v) is 8.11. The predicted octanol–water partition coefficient (Wildman–Crippen LogP) is 2.24. The van der Waals surface area contributed by atoms with Crippen LogP contribution in [-0.4, -0.2) is 42.3 Å². The fourth-order valence-corrected chi connectivity index (χ4v) is 3.59. The van der Waals surface area contributed by atoms with Crippen LogP contribution in [0.2, 0.25) is 0 Å². The second kappa shape index (κ2) is 7.39. The van der Waals surface area contributed by atoms with Crippen LogP contribution in [0.3, 0.4) is 0 Å². The zero-order valence-electron chi connectivity index (χ0n) is 12.1. The lowest BCUT2D eigenvalue weighted by Gasteiger charge is -2.32. The zero-order chi connectivity index (χ0) is 13.7. The molecule has 2 N–H and O–H groups in total. The van der Waals surface area contributed by atoms with Crippen molar-refractivity contribution in [1.29, 1.82) is 0 Å². The van der Waals surface area contributed by atoms with Crippen molar-refractivity contribution in [3.63, 3.8) is 0 Å². The van der Waals surface area contributed by atoms with E-state index in [1.165, 1.54) is 22.6 Å². The van der Waals surface area contributed by atoms with Crippen LogP contribution in [0.4, 0.5) is 0 Å². The molecule has 0 bridgehead atoms. The van der Waals surface area contributed by atoms with Crippen molar-refractivity contribution in [3.8, 4) is 0 Å². The lowest BCUT2D eigenvalue weighted by Crippen LogP contribution is -2.40. The Labute approximate surface area is 120 Å². The van der Waals surface area contributed by atoms with Crippen molar-refractivity contribution < 1.29 is 5.11 Å². The van der Waals surface area contributed by atoms with Crippen LogP contribution in [0.1, 0.15) is 29.5 Å². The fraction of sp³-hybridized carbons (Fsp3) is 0.733. The zero-order valence-corrected chi connectivity index (χ0v) is 12.9. The van der Waals surface area contributed by atoms with Gasteiger partial charge in [-0.1, -0.05) is 0 Å². The van der Waals surface area contributed by atoms with Gasteiger partial charge >= 0.3 is 0 Å². The summed E-state index contributed by atoms with van der Waals surface area (Å²) in [5.41, 5.74) is 0. The molecule has 0 aromatic carbocycles. The van der Waals surface area contributed by atoms with Crippen molar-refractivity contribution >= 4 is 11.3 Å². The number of hydrogen-bond donors (Lipinski definition) is 2. The normalized spacial score (nSPS) is 19.7. The number of aliphatic hydroxyl groups is 1. The number of likely N-dealkylation sites (tertiary alicyclic amines) is 1. The number of aryl methyl sites for hydroxylation is 1. The number of thiophene rings is 1. The minimum atomic E-state index is -0.197. The van der Waals surface area contributed by atoms with Gasteiger partial charge in [0.25, 0.3) is 0 Å². The first-order chi connectivity index (χ1) is 9.13. The average Bonchev–Trinajstić information content (AvgIpc) is 2.77. The van der Waals surface area contributed by atoms with E-state index in [4.69, 9.17) is 0 Å². The summed E-state index contributed by atoms with van der Waals surface area (Å²) in [4.78, 5) is 5.20. The molecule has 108 valence electrons. The van der Waals surface area contributed by atoms with Gasteiger partial charge in [-0.2, -0.15) is 0 Å². The van der Waals surface area contributed by atoms with Crippen LogP contribution < -0.4 is 5.32 Å². The smallest absolute Gasteiger partial charge is 0.0639 e. The van der Waals surface area contributed by atoms with Crippen molar-refractivity contribution in [3.05, 3.63) is 21.9 Å². The molecule has 2 heterocycles. The second-order valence-electron chi connectivity index (χ2n) is 5.74. The number of aliphatic hydroxyl groups excluding tert-OH is 1. The van der Waals surface area contributed by atoms with Crippen LogP contribution in [-0.2, 0) is 6.54 Å². The van der Waals surface area contributed by atoms with Gasteiger partial charge in [0.05, 0.1) is 6.10 Å². The van der Waals surface area contributed by atoms with Crippen molar-refractivity contribution in [1.82, 2.24) is 10.2 Å². The van der Waals surface area contributed by atoms with Gasteiger partial charge in [0.2, 0.25) is 0 Å². The number of nitrogens with zero attached hydrogens (tertiary/aromatic N) is 1. The van der Waals surface area contributed by atoms with Gasteiger partial charge in [0, 0.05) is 22.8 Å². The molecular weight excluding hydrogens is 256 g/mol. The minimum absolute atomic E-state index is 0.197. The summed E-state index contributed by atoms with van der Waals surface area (Å²) < 4.78 is 0. The number of rotatable bonds is 6. The summed E-state index contributed by atoms with van der Waals surface area (Å²) in [6.07, 6.45) is 2.31. The number of hydrogen-bond acceptors (Lipinski definition) is 4. The summed E-state index contributed by atoms with van der Waals surface area (Å²) >= 11 is 1.88. The molecule has 0 aliphatic carbocycles. The molecule has 1 fully saturated rings. The topological polar surface area (TPSA) is 35.5 Å². The maximum absolute atomic E-state index is 9.39. The second-order valence-corrected chi connectivity index (χ2v) is 7.11. The predicted molar refractivity (Wildman–Crippen MR) is 81.6 cm³/mol. The van der Waals surface area contributed by atoms with E-state index < -0.39 is 0 Å². The van der Waals surface area contributed by atoms with Crippen LogP contribution in [0.15, 0.2) is 12.1 Å². The van der Waals surface area contributed by atoms with Gasteiger partial charge < -0.3 is 15.3 Å². The van der Waals surface area contributed by atoms with Crippen molar-refractivity contribution in [2.75, 3.05) is 26.2 Å². The fourth-order valence-electron chi connectivity index (χ4n) is 2.73. The molecule has 0 radical (unpaired) electrons. The third-order valence-corrected chi connectivity index (χ3v) is 4.76. The molecule has 0 saturated carbocycles. The average molecular weight is 282 g/mol. The van der Waals surface area contributed by atoms with Gasteiger partial charge in [-0.05, 0) is 64.4 Å². The molecule has 1 saturated heterocycles. The Hall–Kier alpha value is -0.420. The molecule has 0 amide bonds. The summed E-state index contributed by atoms with van der Waals surface area (Å²) in [6.45, 7) is 9.26. The lowest BCUT2D eigenvalue weighted by molar-refractivity contribution is 0.0998. The first kappa shape index (κ1) is 15.0. The molecule has 0 spiro atoms. The largest absolute Gasteiger partial charge is 0.392 e. The summed E-state index contributed by atoms with van der Waals surface area (Å²) in [6, 6.07) is 4.41. The van der Waals surface area contributed by atoms with Gasteiger partial charge in [-0.15, -0.1) is 11.3 Å². The summed E-state index contributed by atoms with van der Waals surface area (Å²) in [7, 11) is 0. The van der Waals surface area contributed by atoms with Gasteiger partial charge in [-0.3, -0.25) is 0 Å². The molecule has 2 rings (SSSR count). The van der Waals surface area contributed by atoms with Crippen LogP contribution >= 0.6 is 11.3 Å². The Morgan fingerprint density at radius 1 is 1.42 bits per heavy atom. The molecule has 19 heavy (non-hydrogen) atoms. The highest BCUT2D eigenvalue weighted by molar-refractivity contribution is 7.11. The van der Waals surface area contributed by atoms with Crippen molar-refractivity contribution in [2.45, 2.75) is 39.3 Å². The van der Waals surface area contributed by atoms with E-state index >= 15 is 0 Å². The standard InChI is InChI=1S/C15H26N2OS/c1-12(18)11-17-7-5-14(6-8-17)9-16-10-15-4-3-13(2)19-15/h3-4,12,14,16,18H,5-11H2,1-2H3. The highest BCUT2D eigenvalue weighted by Gasteiger charge is 2.19. The Morgan fingerprint density at radius 3 is 2.74 bits per heavy atom. The molecular formula is C15H26N2OS. The van der Waals surface area contributed by atoms with Crippen molar-refractivity contribution in [2.24, 2.45) is 5.92 Å². The Balaban J connectivity index is 1.60. The summed E-state index contributed by atoms with van der Waals surface area (Å²) in [5, 5.41) is 13.0. The molecule has 4 heteroatoms. The van der Waals surface area contributed by atoms with Gasteiger partial charge in [0.15, 0.2) is 0 Å². The van der Waals surface area contributed by atoms with E-state index in [2.05, 4.69) is 29.3 Å². The first-order valence-electron chi connectivity index (χ1n) is 7.30. The van der Waals surface area contributed by atoms with E-state index in [0.29, 0.717) is 0 Å². The lowest BCUT2D eigenvalue weighted by atomic mass is 9.96. The van der Waals surface area contributed by atoms with Crippen LogP contribution in [0, 0.1) is 12.8 Å². The molecule has 1 unspecified atom stereocenters. The minimum Gasteiger partial charge on any atom is -0.392 e. The van der Waals surface area contributed by atoms with E-state index in [-0.39, 0.29) is 6.10 Å². The van der Waals surface area contributed by atoms with E-state index in [9.17, 15) is 5.11 Å². The molecule has 3 nitrogen and oxygen atoms in total. The van der Waals surface area contributed by atoms with Crippen LogP contribution in [0.5, 0.6) is 0 Å². The number of piperidine rings is 1. The highest BCUT2D eigenvalue weighted by Crippen LogP contribution is 2.18. The van der Waals surface area contributed by atoms with E-state index in [1.807, 2.05) is 18.3 Å². The highest BCUT2D eigenvalue weighted by atomic mass is 32.1. The number of nitrogens with one attached hydrogen (secondary N) is 1. The maximum Gasteiger partial charge on any atom is 0.0639 e. The third kappa shape index (κ3) is 5.22. The third-order valence-electron chi connectivity index (χ3n) is 3.76. The van der Waals surface area contributed by atoms with Gasteiger partial charge in [0.1, 0.15) is 0 Å². The maximum atomic E-state index is 9.39. The molecule has 1 aliphatic rings. The SMILES string of the molecule is Cc1ccc(CNCC2CCN(CC(C)O)CC2)s1. The Morgan fingerprint density at radius 2 is 2.16 bits per heavy atom. The Bertz CT molecular complexity index is 370. The number of β-amino-alcohol motifs (C(OH)–C–C–N with tert-alkyl or cyclic N) is 1. The summed E-state index contributed by atoms with van der Waals surface area (Å²) in [5.74, 6) is 0.798. The monoisotopic (exact) mass is 282 g/mol. The van der Waals surface area contributed by atoms with E-state index in [1.54, 1.807) is 0 Å². The molecule has 1 aromatic rings. The van der Waals surface area contributed by atoms with Crippen LogP contribution in [0.25, 0.3) is 0 Å². The quantitative estimate of drug-likeness (QED) is 0.840. The molecule has 1 atom stereocenters. The Kier molecular flexibility index (Phi) is 5.82.